The van der Waals surface area contributed by atoms with Crippen LogP contribution >= 0.6 is 0 Å². The third kappa shape index (κ3) is 2.23. The second-order valence-electron chi connectivity index (χ2n) is 6.81. The number of hydrogen-bond donors (Lipinski definition) is 1. The summed E-state index contributed by atoms with van der Waals surface area (Å²) >= 11 is 0. The van der Waals surface area contributed by atoms with Crippen LogP contribution in [0.4, 0.5) is 5.69 Å². The average molecular weight is 335 g/mol. The molecule has 3 aromatic rings. The van der Waals surface area contributed by atoms with Crippen LogP contribution in [-0.4, -0.2) is 17.0 Å². The second kappa shape index (κ2) is 5.21. The maximum Gasteiger partial charge on any atom is 0.335 e. The van der Waals surface area contributed by atoms with E-state index in [0.717, 1.165) is 22.1 Å². The summed E-state index contributed by atoms with van der Waals surface area (Å²) in [5.74, 6) is -1.05. The van der Waals surface area contributed by atoms with Crippen molar-refractivity contribution >= 4 is 28.5 Å². The van der Waals surface area contributed by atoms with Crippen LogP contribution in [0.15, 0.2) is 53.1 Å². The zero-order valence-electron chi connectivity index (χ0n) is 13.9. The van der Waals surface area contributed by atoms with Gasteiger partial charge in [-0.15, -0.1) is 0 Å². The summed E-state index contributed by atoms with van der Waals surface area (Å²) in [5, 5.41) is 10.3. The summed E-state index contributed by atoms with van der Waals surface area (Å²) in [6.07, 6.45) is 1.63. The molecular weight excluding hydrogens is 318 g/mol. The Morgan fingerprint density at radius 3 is 2.76 bits per heavy atom. The van der Waals surface area contributed by atoms with E-state index in [1.54, 1.807) is 29.4 Å². The summed E-state index contributed by atoms with van der Waals surface area (Å²) < 4.78 is 5.56. The number of furan rings is 1. The first-order chi connectivity index (χ1) is 11.9. The van der Waals surface area contributed by atoms with Crippen LogP contribution in [0.1, 0.15) is 35.3 Å². The van der Waals surface area contributed by atoms with Gasteiger partial charge in [0.2, 0.25) is 5.91 Å². The quantitative estimate of drug-likeness (QED) is 0.786. The van der Waals surface area contributed by atoms with Crippen LogP contribution in [0.2, 0.25) is 0 Å². The largest absolute Gasteiger partial charge is 0.478 e. The van der Waals surface area contributed by atoms with Gasteiger partial charge in [0.15, 0.2) is 0 Å². The highest BCUT2D eigenvalue weighted by Crippen LogP contribution is 2.43. The molecule has 2 aromatic carbocycles. The first kappa shape index (κ1) is 15.4. The topological polar surface area (TPSA) is 70.8 Å². The molecule has 0 fully saturated rings. The SMILES string of the molecule is CC1(C)C(=O)N(Cc2cccc3ccoc23)c2cc(C(=O)O)ccc21. The molecule has 0 saturated carbocycles. The molecule has 126 valence electrons. The van der Waals surface area contributed by atoms with Crippen molar-refractivity contribution in [1.82, 2.24) is 0 Å². The van der Waals surface area contributed by atoms with Gasteiger partial charge in [-0.2, -0.15) is 0 Å². The fraction of sp³-hybridized carbons (Fsp3) is 0.200. The van der Waals surface area contributed by atoms with E-state index in [2.05, 4.69) is 0 Å². The van der Waals surface area contributed by atoms with Crippen molar-refractivity contribution < 1.29 is 19.1 Å². The number of nitrogens with zero attached hydrogens (tertiary/aromatic N) is 1. The molecule has 1 N–H and O–H groups in total. The zero-order valence-corrected chi connectivity index (χ0v) is 13.9. The van der Waals surface area contributed by atoms with Gasteiger partial charge in [0.05, 0.1) is 23.8 Å². The highest BCUT2D eigenvalue weighted by Gasteiger charge is 2.44. The fourth-order valence-electron chi connectivity index (χ4n) is 3.49. The van der Waals surface area contributed by atoms with Crippen molar-refractivity contribution in [1.29, 1.82) is 0 Å². The van der Waals surface area contributed by atoms with Crippen molar-refractivity contribution in [2.24, 2.45) is 0 Å². The number of carboxylic acids is 1. The lowest BCUT2D eigenvalue weighted by molar-refractivity contribution is -0.122. The van der Waals surface area contributed by atoms with Gasteiger partial charge in [0.25, 0.3) is 0 Å². The zero-order chi connectivity index (χ0) is 17.8. The van der Waals surface area contributed by atoms with E-state index in [0.29, 0.717) is 12.2 Å². The molecule has 5 nitrogen and oxygen atoms in total. The highest BCUT2D eigenvalue weighted by molar-refractivity contribution is 6.08. The smallest absolute Gasteiger partial charge is 0.335 e. The number of carboxylic acid groups (broad SMARTS) is 1. The Hall–Kier alpha value is -3.08. The van der Waals surface area contributed by atoms with E-state index in [9.17, 15) is 14.7 Å². The number of para-hydroxylation sites is 1. The Labute approximate surface area is 144 Å². The van der Waals surface area contributed by atoms with Gasteiger partial charge in [-0.25, -0.2) is 4.79 Å². The summed E-state index contributed by atoms with van der Waals surface area (Å²) in [7, 11) is 0. The molecule has 1 aliphatic rings. The van der Waals surface area contributed by atoms with Crippen molar-refractivity contribution in [3.8, 4) is 0 Å². The summed E-state index contributed by atoms with van der Waals surface area (Å²) in [5.41, 5.74) is 2.61. The third-order valence-electron chi connectivity index (χ3n) is 4.88. The summed E-state index contributed by atoms with van der Waals surface area (Å²) in [4.78, 5) is 26.0. The third-order valence-corrected chi connectivity index (χ3v) is 4.88. The monoisotopic (exact) mass is 335 g/mol. The van der Waals surface area contributed by atoms with Crippen LogP contribution < -0.4 is 4.90 Å². The van der Waals surface area contributed by atoms with Gasteiger partial charge >= 0.3 is 5.97 Å². The number of benzene rings is 2. The van der Waals surface area contributed by atoms with Crippen molar-refractivity contribution in [2.45, 2.75) is 25.8 Å². The van der Waals surface area contributed by atoms with E-state index in [1.807, 2.05) is 38.1 Å². The van der Waals surface area contributed by atoms with Gasteiger partial charge in [-0.05, 0) is 37.6 Å². The molecule has 4 rings (SSSR count). The number of amides is 1. The molecule has 5 heteroatoms. The molecule has 25 heavy (non-hydrogen) atoms. The normalized spacial score (nSPS) is 15.6. The second-order valence-corrected chi connectivity index (χ2v) is 6.81. The molecule has 0 bridgehead atoms. The predicted molar refractivity (Wildman–Crippen MR) is 93.8 cm³/mol. The van der Waals surface area contributed by atoms with Gasteiger partial charge in [0.1, 0.15) is 5.58 Å². The first-order valence-electron chi connectivity index (χ1n) is 8.04. The lowest BCUT2D eigenvalue weighted by Gasteiger charge is -2.20. The molecule has 2 heterocycles. The molecule has 0 radical (unpaired) electrons. The van der Waals surface area contributed by atoms with Gasteiger partial charge < -0.3 is 14.4 Å². The van der Waals surface area contributed by atoms with Crippen LogP contribution in [0.5, 0.6) is 0 Å². The standard InChI is InChI=1S/C20H17NO4/c1-20(2)15-7-6-13(18(22)23)10-16(15)21(19(20)24)11-14-5-3-4-12-8-9-25-17(12)14/h3-10H,11H2,1-2H3,(H,22,23). The number of carbonyl (C=O) groups is 2. The summed E-state index contributed by atoms with van der Waals surface area (Å²) in [6, 6.07) is 12.5. The van der Waals surface area contributed by atoms with Crippen LogP contribution in [0.3, 0.4) is 0 Å². The minimum atomic E-state index is -1.01. The van der Waals surface area contributed by atoms with Gasteiger partial charge in [-0.1, -0.05) is 24.3 Å². The van der Waals surface area contributed by atoms with Crippen LogP contribution in [0.25, 0.3) is 11.0 Å². The Balaban J connectivity index is 1.83. The number of aromatic carboxylic acids is 1. The van der Waals surface area contributed by atoms with E-state index in [1.165, 1.54) is 0 Å². The Morgan fingerprint density at radius 1 is 1.20 bits per heavy atom. The fourth-order valence-corrected chi connectivity index (χ4v) is 3.49. The number of hydrogen-bond acceptors (Lipinski definition) is 3. The molecule has 1 amide bonds. The molecule has 0 atom stereocenters. The van der Waals surface area contributed by atoms with Crippen molar-refractivity contribution in [3.05, 3.63) is 65.4 Å². The number of anilines is 1. The van der Waals surface area contributed by atoms with E-state index in [-0.39, 0.29) is 11.5 Å². The maximum atomic E-state index is 13.0. The molecule has 1 aliphatic heterocycles. The van der Waals surface area contributed by atoms with E-state index in [4.69, 9.17) is 4.42 Å². The molecule has 0 unspecified atom stereocenters. The minimum absolute atomic E-state index is 0.0476. The molecule has 1 aromatic heterocycles. The maximum absolute atomic E-state index is 13.0. The predicted octanol–water partition coefficient (Wildman–Crippen LogP) is 3.96. The average Bonchev–Trinajstić information content (AvgIpc) is 3.13. The van der Waals surface area contributed by atoms with Crippen molar-refractivity contribution in [2.75, 3.05) is 4.90 Å². The number of fused-ring (bicyclic) bond motifs is 2. The Bertz CT molecular complexity index is 1020. The first-order valence-corrected chi connectivity index (χ1v) is 8.04. The van der Waals surface area contributed by atoms with E-state index < -0.39 is 11.4 Å². The Morgan fingerprint density at radius 2 is 2.00 bits per heavy atom. The number of rotatable bonds is 3. The van der Waals surface area contributed by atoms with Crippen LogP contribution in [0, 0.1) is 0 Å². The van der Waals surface area contributed by atoms with Gasteiger partial charge in [-0.3, -0.25) is 4.79 Å². The van der Waals surface area contributed by atoms with Gasteiger partial charge in [0, 0.05) is 16.6 Å². The summed E-state index contributed by atoms with van der Waals surface area (Å²) in [6.45, 7) is 4.06. The number of carbonyl (C=O) groups excluding carboxylic acids is 1. The van der Waals surface area contributed by atoms with E-state index >= 15 is 0 Å². The minimum Gasteiger partial charge on any atom is -0.478 e. The highest BCUT2D eigenvalue weighted by atomic mass is 16.4. The molecule has 0 aliphatic carbocycles. The molecule has 0 spiro atoms. The lowest BCUT2D eigenvalue weighted by atomic mass is 9.86. The molecule has 0 saturated heterocycles. The van der Waals surface area contributed by atoms with Crippen molar-refractivity contribution in [3.63, 3.8) is 0 Å². The Kier molecular flexibility index (Phi) is 3.22. The van der Waals surface area contributed by atoms with Crippen LogP contribution in [-0.2, 0) is 16.8 Å². The molecular formula is C20H17NO4. The lowest BCUT2D eigenvalue weighted by Crippen LogP contribution is -2.35.